The summed E-state index contributed by atoms with van der Waals surface area (Å²) in [5, 5.41) is 7.24. The smallest absolute Gasteiger partial charge is 0.137 e. The first-order valence-electron chi connectivity index (χ1n) is 22.6. The van der Waals surface area contributed by atoms with Crippen LogP contribution in [0.4, 0.5) is 0 Å². The van der Waals surface area contributed by atoms with Gasteiger partial charge in [0.1, 0.15) is 16.9 Å². The zero-order chi connectivity index (χ0) is 44.0. The third-order valence-electron chi connectivity index (χ3n) is 13.5. The molecule has 1 aliphatic rings. The molecule has 314 valence electrons. The van der Waals surface area contributed by atoms with E-state index in [0.29, 0.717) is 0 Å². The van der Waals surface area contributed by atoms with Gasteiger partial charge in [-0.2, -0.15) is 8.75 Å². The summed E-state index contributed by atoms with van der Waals surface area (Å²) in [6, 6.07) is 70.3. The number of para-hydroxylation sites is 2. The average molecular weight is 892 g/mol. The molecule has 0 atom stereocenters. The van der Waals surface area contributed by atoms with Crippen LogP contribution in [0.1, 0.15) is 12.0 Å². The number of hydrogen-bond acceptors (Lipinski definition) is 5. The number of rotatable bonds is 6. The molecule has 0 bridgehead atoms. The van der Waals surface area contributed by atoms with Crippen molar-refractivity contribution in [1.82, 2.24) is 17.9 Å². The van der Waals surface area contributed by atoms with Gasteiger partial charge in [-0.3, -0.25) is 4.57 Å². The maximum atomic E-state index is 5.47. The quantitative estimate of drug-likeness (QED) is 0.167. The summed E-state index contributed by atoms with van der Waals surface area (Å²) in [7, 11) is 0. The van der Waals surface area contributed by atoms with E-state index in [9.17, 15) is 0 Å². The maximum Gasteiger partial charge on any atom is 0.137 e. The van der Waals surface area contributed by atoms with Crippen molar-refractivity contribution < 1.29 is 0 Å². The zero-order valence-corrected chi connectivity index (χ0v) is 37.6. The van der Waals surface area contributed by atoms with Crippen LogP contribution in [0.25, 0.3) is 120 Å². The van der Waals surface area contributed by atoms with E-state index in [-0.39, 0.29) is 0 Å². The molecule has 0 N–H and O–H groups in total. The van der Waals surface area contributed by atoms with E-state index in [2.05, 4.69) is 221 Å². The number of aliphatic imine (C=N–C) groups is 1. The minimum Gasteiger partial charge on any atom is -0.309 e. The van der Waals surface area contributed by atoms with Gasteiger partial charge in [0.15, 0.2) is 0 Å². The second-order valence-electron chi connectivity index (χ2n) is 17.2. The van der Waals surface area contributed by atoms with Crippen molar-refractivity contribution in [2.45, 2.75) is 6.42 Å². The van der Waals surface area contributed by atoms with Crippen LogP contribution in [0.5, 0.6) is 0 Å². The van der Waals surface area contributed by atoms with Crippen LogP contribution >= 0.6 is 23.1 Å². The first-order valence-corrected chi connectivity index (χ1v) is 24.1. The second kappa shape index (κ2) is 15.2. The van der Waals surface area contributed by atoms with E-state index in [4.69, 9.17) is 13.7 Å². The molecule has 4 aromatic heterocycles. The molecule has 13 aromatic rings. The molecule has 1 aliphatic heterocycles. The van der Waals surface area contributed by atoms with Crippen LogP contribution in [-0.2, 0) is 0 Å². The highest BCUT2D eigenvalue weighted by Crippen LogP contribution is 2.45. The third kappa shape index (κ3) is 6.02. The Morgan fingerprint density at radius 1 is 0.433 bits per heavy atom. The van der Waals surface area contributed by atoms with Gasteiger partial charge < -0.3 is 4.57 Å². The van der Waals surface area contributed by atoms with Gasteiger partial charge in [-0.15, -0.1) is 11.3 Å². The van der Waals surface area contributed by atoms with Crippen molar-refractivity contribution >= 4 is 109 Å². The lowest BCUT2D eigenvalue weighted by Crippen LogP contribution is -2.02. The molecule has 0 aliphatic carbocycles. The molecule has 0 spiro atoms. The minimum absolute atomic E-state index is 0.737. The van der Waals surface area contributed by atoms with Crippen LogP contribution < -0.4 is 0 Å². The van der Waals surface area contributed by atoms with Gasteiger partial charge in [0, 0.05) is 59.4 Å². The standard InChI is InChI=1S/C60H37N5S2/c1-3-15-37(16-4-1)50-25-9-12-28-56(61-50)65-53-32-30-41(43-23-14-24-46-45-22-8-11-27-55(45)66-60(43)46)35-49(53)57-54(65)36-47(58-59(57)63-67-62-58)40-18-13-17-38(33-40)39-29-31-52-48(34-39)44-21-7-10-26-51(44)64(52)42-19-5-2-6-20-42/h1-24,26-36H,25H2. The van der Waals surface area contributed by atoms with Gasteiger partial charge in [0.05, 0.1) is 39.5 Å². The van der Waals surface area contributed by atoms with E-state index in [1.807, 2.05) is 11.3 Å². The molecule has 9 aromatic carbocycles. The van der Waals surface area contributed by atoms with E-state index in [1.54, 1.807) is 0 Å². The number of hydrogen-bond donors (Lipinski definition) is 0. The van der Waals surface area contributed by atoms with E-state index in [1.165, 1.54) is 64.8 Å². The highest BCUT2D eigenvalue weighted by atomic mass is 32.1. The van der Waals surface area contributed by atoms with Crippen LogP contribution in [0.2, 0.25) is 0 Å². The molecule has 5 heterocycles. The summed E-state index contributed by atoms with van der Waals surface area (Å²) in [4.78, 5) is 5.47. The fourth-order valence-corrected chi connectivity index (χ4v) is 12.2. The summed E-state index contributed by atoms with van der Waals surface area (Å²) in [5.74, 6) is 0.858. The van der Waals surface area contributed by atoms with Gasteiger partial charge >= 0.3 is 0 Å². The minimum atomic E-state index is 0.737. The van der Waals surface area contributed by atoms with E-state index in [0.717, 1.165) is 84.3 Å². The van der Waals surface area contributed by atoms with Crippen molar-refractivity contribution in [2.24, 2.45) is 4.99 Å². The van der Waals surface area contributed by atoms with Crippen molar-refractivity contribution in [3.63, 3.8) is 0 Å². The predicted octanol–water partition coefficient (Wildman–Crippen LogP) is 16.5. The van der Waals surface area contributed by atoms with Gasteiger partial charge in [0.25, 0.3) is 0 Å². The molecule has 0 unspecified atom stereocenters. The lowest BCUT2D eigenvalue weighted by atomic mass is 9.96. The monoisotopic (exact) mass is 891 g/mol. The first-order chi connectivity index (χ1) is 33.2. The highest BCUT2D eigenvalue weighted by molar-refractivity contribution is 7.26. The molecule has 0 saturated heterocycles. The number of thiophene rings is 1. The Labute approximate surface area is 393 Å². The molecule has 0 radical (unpaired) electrons. The number of aromatic nitrogens is 4. The van der Waals surface area contributed by atoms with Gasteiger partial charge in [-0.25, -0.2) is 4.99 Å². The maximum absolute atomic E-state index is 5.47. The van der Waals surface area contributed by atoms with Crippen LogP contribution in [0, 0.1) is 0 Å². The molecule has 0 amide bonds. The molecule has 5 nitrogen and oxygen atoms in total. The Morgan fingerprint density at radius 2 is 1.09 bits per heavy atom. The SMILES string of the molecule is C1=CCC(c2ccccc2)=NC(n2c3ccc(-c4cccc5c4sc4ccccc45)cc3c3c4nsnc4c(-c4cccc(-c5ccc6c(c5)c5ccccc5n6-c5ccccc5)c4)cc32)=C1. The average Bonchev–Trinajstić information content (AvgIpc) is 4.14. The molecule has 0 saturated carbocycles. The van der Waals surface area contributed by atoms with Crippen LogP contribution in [0.3, 0.4) is 0 Å². The fraction of sp³-hybridized carbons (Fsp3) is 0.0167. The second-order valence-corrected chi connectivity index (χ2v) is 18.8. The number of allylic oxidation sites excluding steroid dienone is 3. The molecular weight excluding hydrogens is 855 g/mol. The summed E-state index contributed by atoms with van der Waals surface area (Å²) in [6.45, 7) is 0. The summed E-state index contributed by atoms with van der Waals surface area (Å²) < 4.78 is 17.5. The lowest BCUT2D eigenvalue weighted by molar-refractivity contribution is 1.17. The summed E-state index contributed by atoms with van der Waals surface area (Å²) in [6.07, 6.45) is 7.23. The first kappa shape index (κ1) is 38.1. The normalized spacial score (nSPS) is 13.1. The Morgan fingerprint density at radius 3 is 1.99 bits per heavy atom. The van der Waals surface area contributed by atoms with Crippen molar-refractivity contribution in [3.8, 4) is 39.1 Å². The molecular formula is C60H37N5S2. The Bertz CT molecular complexity index is 4240. The molecule has 14 rings (SSSR count). The lowest BCUT2D eigenvalue weighted by Gasteiger charge is -2.12. The third-order valence-corrected chi connectivity index (χ3v) is 15.2. The van der Waals surface area contributed by atoms with E-state index < -0.39 is 0 Å². The van der Waals surface area contributed by atoms with Crippen LogP contribution in [0.15, 0.2) is 217 Å². The topological polar surface area (TPSA) is 48.0 Å². The highest BCUT2D eigenvalue weighted by Gasteiger charge is 2.24. The zero-order valence-electron chi connectivity index (χ0n) is 36.0. The fourth-order valence-electron chi connectivity index (χ4n) is 10.4. The summed E-state index contributed by atoms with van der Waals surface area (Å²) in [5.41, 5.74) is 16.4. The molecule has 0 fully saturated rings. The number of benzene rings is 9. The Kier molecular flexibility index (Phi) is 8.62. The number of fused-ring (bicyclic) bond motifs is 11. The summed E-state index contributed by atoms with van der Waals surface area (Å²) >= 11 is 3.14. The molecule has 67 heavy (non-hydrogen) atoms. The van der Waals surface area contributed by atoms with Crippen LogP contribution in [-0.4, -0.2) is 23.6 Å². The van der Waals surface area contributed by atoms with Crippen molar-refractivity contribution in [2.75, 3.05) is 0 Å². The largest absolute Gasteiger partial charge is 0.309 e. The molecule has 7 heteroatoms. The van der Waals surface area contributed by atoms with Crippen molar-refractivity contribution in [3.05, 3.63) is 218 Å². The Balaban J connectivity index is 0.983. The number of nitrogens with zero attached hydrogens (tertiary/aromatic N) is 5. The van der Waals surface area contributed by atoms with Gasteiger partial charge in [0.2, 0.25) is 0 Å². The Hall–Kier alpha value is -8.23. The van der Waals surface area contributed by atoms with Gasteiger partial charge in [-0.05, 0) is 100 Å². The van der Waals surface area contributed by atoms with E-state index >= 15 is 0 Å². The predicted molar refractivity (Wildman–Crippen MR) is 285 cm³/mol. The van der Waals surface area contributed by atoms with Gasteiger partial charge in [-0.1, -0.05) is 146 Å². The van der Waals surface area contributed by atoms with Crippen molar-refractivity contribution in [1.29, 1.82) is 0 Å².